The highest BCUT2D eigenvalue weighted by Crippen LogP contribution is 2.21. The molecule has 96 valence electrons. The van der Waals surface area contributed by atoms with Crippen LogP contribution in [-0.2, 0) is 11.2 Å². The van der Waals surface area contributed by atoms with Crippen molar-refractivity contribution in [2.75, 3.05) is 11.9 Å². The Morgan fingerprint density at radius 3 is 2.78 bits per heavy atom. The van der Waals surface area contributed by atoms with Crippen molar-refractivity contribution in [2.45, 2.75) is 26.2 Å². The van der Waals surface area contributed by atoms with E-state index >= 15 is 0 Å². The quantitative estimate of drug-likeness (QED) is 0.865. The number of aromatic nitrogens is 2. The molecule has 0 spiro atoms. The van der Waals surface area contributed by atoms with Gasteiger partial charge >= 0.3 is 0 Å². The first-order chi connectivity index (χ1) is 8.58. The molecule has 0 fully saturated rings. The highest BCUT2D eigenvalue weighted by atomic mass is 32.1. The number of carbonyl (C=O) groups excluding carboxylic acids is 1. The Balaban J connectivity index is 2.02. The molecule has 0 saturated heterocycles. The zero-order valence-electron chi connectivity index (χ0n) is 10.6. The summed E-state index contributed by atoms with van der Waals surface area (Å²) in [6.07, 6.45) is 2.03. The number of thiazole rings is 2. The van der Waals surface area contributed by atoms with Crippen molar-refractivity contribution in [3.8, 4) is 0 Å². The molecule has 4 nitrogen and oxygen atoms in total. The minimum Gasteiger partial charge on any atom is -0.291 e. The third kappa shape index (κ3) is 2.94. The van der Waals surface area contributed by atoms with Gasteiger partial charge in [-0.05, 0) is 0 Å². The van der Waals surface area contributed by atoms with E-state index in [1.165, 1.54) is 11.3 Å². The summed E-state index contributed by atoms with van der Waals surface area (Å²) in [7, 11) is 1.75. The molecule has 0 aliphatic carbocycles. The normalized spacial score (nSPS) is 10.9. The second-order valence-electron chi connectivity index (χ2n) is 4.28. The molecule has 1 amide bonds. The van der Waals surface area contributed by atoms with E-state index in [1.807, 2.05) is 10.8 Å². The van der Waals surface area contributed by atoms with E-state index in [0.29, 0.717) is 12.3 Å². The summed E-state index contributed by atoms with van der Waals surface area (Å²) in [5, 5.41) is 5.62. The smallest absolute Gasteiger partial charge is 0.234 e. The fraction of sp³-hybridized carbons (Fsp3) is 0.417. The molecule has 2 aromatic heterocycles. The first-order valence-electron chi connectivity index (χ1n) is 5.68. The van der Waals surface area contributed by atoms with Crippen LogP contribution in [0.2, 0.25) is 0 Å². The maximum Gasteiger partial charge on any atom is 0.234 e. The summed E-state index contributed by atoms with van der Waals surface area (Å²) in [5.41, 5.74) is 0.845. The van der Waals surface area contributed by atoms with Gasteiger partial charge in [-0.2, -0.15) is 0 Å². The minimum atomic E-state index is 0.0190. The Bertz CT molecular complexity index is 519. The standard InChI is InChI=1S/C12H15N3OS2/c1-8(2)11-14-9(7-18-11)6-10(16)15(3)12-13-4-5-17-12/h4-5,7-8H,6H2,1-3H3. The van der Waals surface area contributed by atoms with Gasteiger partial charge in [-0.3, -0.25) is 9.69 Å². The van der Waals surface area contributed by atoms with Crippen molar-refractivity contribution >= 4 is 33.7 Å². The molecule has 0 bridgehead atoms. The Kier molecular flexibility index (Phi) is 4.08. The maximum absolute atomic E-state index is 12.0. The third-order valence-electron chi connectivity index (χ3n) is 2.48. The van der Waals surface area contributed by atoms with Gasteiger partial charge in [-0.25, -0.2) is 9.97 Å². The zero-order chi connectivity index (χ0) is 13.1. The lowest BCUT2D eigenvalue weighted by Gasteiger charge is -2.12. The van der Waals surface area contributed by atoms with E-state index in [2.05, 4.69) is 23.8 Å². The molecule has 0 aromatic carbocycles. The molecule has 2 rings (SSSR count). The summed E-state index contributed by atoms with van der Waals surface area (Å²) < 4.78 is 0. The summed E-state index contributed by atoms with van der Waals surface area (Å²) in [5.74, 6) is 0.432. The average molecular weight is 281 g/mol. The van der Waals surface area contributed by atoms with Crippen molar-refractivity contribution < 1.29 is 4.79 Å². The minimum absolute atomic E-state index is 0.0190. The molecule has 2 aromatic rings. The molecule has 0 unspecified atom stereocenters. The summed E-state index contributed by atoms with van der Waals surface area (Å²) in [6, 6.07) is 0. The van der Waals surface area contributed by atoms with Gasteiger partial charge < -0.3 is 0 Å². The van der Waals surface area contributed by atoms with Crippen molar-refractivity contribution in [2.24, 2.45) is 0 Å². The van der Waals surface area contributed by atoms with Crippen molar-refractivity contribution in [1.29, 1.82) is 0 Å². The van der Waals surface area contributed by atoms with Crippen LogP contribution in [0.25, 0.3) is 0 Å². The summed E-state index contributed by atoms with van der Waals surface area (Å²) in [4.78, 5) is 22.2. The highest BCUT2D eigenvalue weighted by Gasteiger charge is 2.15. The molecule has 18 heavy (non-hydrogen) atoms. The van der Waals surface area contributed by atoms with Gasteiger partial charge in [0.2, 0.25) is 5.91 Å². The van der Waals surface area contributed by atoms with Gasteiger partial charge in [0.15, 0.2) is 5.13 Å². The molecule has 0 saturated carbocycles. The molecule has 0 atom stereocenters. The van der Waals surface area contributed by atoms with Crippen LogP contribution in [-0.4, -0.2) is 22.9 Å². The van der Waals surface area contributed by atoms with Crippen LogP contribution in [0.4, 0.5) is 5.13 Å². The van der Waals surface area contributed by atoms with Crippen LogP contribution in [0.15, 0.2) is 17.0 Å². The van der Waals surface area contributed by atoms with Crippen LogP contribution >= 0.6 is 22.7 Å². The number of likely N-dealkylation sites (N-methyl/N-ethyl adjacent to an activating group) is 1. The largest absolute Gasteiger partial charge is 0.291 e. The maximum atomic E-state index is 12.0. The first-order valence-corrected chi connectivity index (χ1v) is 7.44. The number of carbonyl (C=O) groups is 1. The molecule has 6 heteroatoms. The Labute approximate surface area is 114 Å². The Morgan fingerprint density at radius 2 is 2.22 bits per heavy atom. The second-order valence-corrected chi connectivity index (χ2v) is 6.04. The predicted molar refractivity (Wildman–Crippen MR) is 75.4 cm³/mol. The van der Waals surface area contributed by atoms with Crippen molar-refractivity contribution in [3.63, 3.8) is 0 Å². The predicted octanol–water partition coefficient (Wildman–Crippen LogP) is 2.93. The molecular weight excluding hydrogens is 266 g/mol. The van der Waals surface area contributed by atoms with Gasteiger partial charge in [-0.15, -0.1) is 22.7 Å². The lowest BCUT2D eigenvalue weighted by molar-refractivity contribution is -0.117. The van der Waals surface area contributed by atoms with E-state index in [1.54, 1.807) is 29.5 Å². The molecule has 0 radical (unpaired) electrons. The molecule has 0 N–H and O–H groups in total. The first kappa shape index (κ1) is 13.2. The molecular formula is C12H15N3OS2. The average Bonchev–Trinajstić information content (AvgIpc) is 2.98. The van der Waals surface area contributed by atoms with Crippen LogP contribution in [0.5, 0.6) is 0 Å². The van der Waals surface area contributed by atoms with Crippen molar-refractivity contribution in [1.82, 2.24) is 9.97 Å². The topological polar surface area (TPSA) is 46.1 Å². The number of hydrogen-bond donors (Lipinski definition) is 0. The van der Waals surface area contributed by atoms with Crippen LogP contribution in [0.1, 0.15) is 30.5 Å². The number of amides is 1. The summed E-state index contributed by atoms with van der Waals surface area (Å²) in [6.45, 7) is 4.21. The van der Waals surface area contributed by atoms with Gasteiger partial charge in [0, 0.05) is 29.9 Å². The molecule has 0 aliphatic heterocycles. The second kappa shape index (κ2) is 5.58. The van der Waals surface area contributed by atoms with Crippen molar-refractivity contribution in [3.05, 3.63) is 27.7 Å². The number of nitrogens with zero attached hydrogens (tertiary/aromatic N) is 3. The molecule has 2 heterocycles. The third-order valence-corrected chi connectivity index (χ3v) is 4.52. The number of hydrogen-bond acceptors (Lipinski definition) is 5. The fourth-order valence-electron chi connectivity index (χ4n) is 1.43. The number of rotatable bonds is 4. The van der Waals surface area contributed by atoms with Gasteiger partial charge in [0.05, 0.1) is 17.1 Å². The number of anilines is 1. The van der Waals surface area contributed by atoms with E-state index in [-0.39, 0.29) is 5.91 Å². The van der Waals surface area contributed by atoms with Gasteiger partial charge in [0.1, 0.15) is 0 Å². The highest BCUT2D eigenvalue weighted by molar-refractivity contribution is 7.13. The van der Waals surface area contributed by atoms with E-state index < -0.39 is 0 Å². The van der Waals surface area contributed by atoms with E-state index in [9.17, 15) is 4.79 Å². The van der Waals surface area contributed by atoms with Crippen LogP contribution in [0, 0.1) is 0 Å². The lowest BCUT2D eigenvalue weighted by Crippen LogP contribution is -2.27. The SMILES string of the molecule is CC(C)c1nc(CC(=O)N(C)c2nccs2)cs1. The fourth-order valence-corrected chi connectivity index (χ4v) is 2.89. The Morgan fingerprint density at radius 1 is 1.44 bits per heavy atom. The summed E-state index contributed by atoms with van der Waals surface area (Å²) >= 11 is 3.07. The Hall–Kier alpha value is -1.27. The van der Waals surface area contributed by atoms with Gasteiger partial charge in [-0.1, -0.05) is 13.8 Å². The monoisotopic (exact) mass is 281 g/mol. The lowest BCUT2D eigenvalue weighted by atomic mass is 10.2. The van der Waals surface area contributed by atoms with Crippen LogP contribution in [0.3, 0.4) is 0 Å². The molecule has 0 aliphatic rings. The zero-order valence-corrected chi connectivity index (χ0v) is 12.2. The van der Waals surface area contributed by atoms with Gasteiger partial charge in [0.25, 0.3) is 0 Å². The van der Waals surface area contributed by atoms with E-state index in [4.69, 9.17) is 0 Å². The van der Waals surface area contributed by atoms with Crippen LogP contribution < -0.4 is 4.90 Å². The van der Waals surface area contributed by atoms with E-state index in [0.717, 1.165) is 15.8 Å².